The first-order valence-corrected chi connectivity index (χ1v) is 9.69. The number of ketones is 1. The summed E-state index contributed by atoms with van der Waals surface area (Å²) in [4.78, 5) is 41.7. The SMILES string of the molecule is COC(=O)Cn1c(SCC(=O)c2ccc(C)cc2C)nc2ccccc2c1=O. The lowest BCUT2D eigenvalue weighted by Crippen LogP contribution is -2.27. The predicted molar refractivity (Wildman–Crippen MR) is 109 cm³/mol. The van der Waals surface area contributed by atoms with Gasteiger partial charge in [-0.05, 0) is 31.5 Å². The van der Waals surface area contributed by atoms with Gasteiger partial charge in [-0.2, -0.15) is 0 Å². The van der Waals surface area contributed by atoms with Crippen LogP contribution in [0, 0.1) is 13.8 Å². The van der Waals surface area contributed by atoms with E-state index in [0.29, 0.717) is 21.6 Å². The van der Waals surface area contributed by atoms with Gasteiger partial charge in [-0.15, -0.1) is 0 Å². The number of para-hydroxylation sites is 1. The van der Waals surface area contributed by atoms with Crippen LogP contribution in [0.1, 0.15) is 21.5 Å². The maximum atomic E-state index is 12.8. The highest BCUT2D eigenvalue weighted by molar-refractivity contribution is 7.99. The first-order valence-electron chi connectivity index (χ1n) is 8.70. The van der Waals surface area contributed by atoms with Crippen molar-refractivity contribution in [1.82, 2.24) is 9.55 Å². The van der Waals surface area contributed by atoms with Crippen molar-refractivity contribution in [3.05, 3.63) is 69.5 Å². The fraction of sp³-hybridized carbons (Fsp3) is 0.238. The van der Waals surface area contributed by atoms with E-state index in [2.05, 4.69) is 4.98 Å². The van der Waals surface area contributed by atoms with E-state index in [1.807, 2.05) is 32.0 Å². The Kier molecular flexibility index (Phi) is 5.94. The zero-order valence-corrected chi connectivity index (χ0v) is 16.7. The molecule has 0 aliphatic carbocycles. The number of fused-ring (bicyclic) bond motifs is 1. The summed E-state index contributed by atoms with van der Waals surface area (Å²) in [5.74, 6) is -0.508. The Morgan fingerprint density at radius 2 is 1.89 bits per heavy atom. The highest BCUT2D eigenvalue weighted by atomic mass is 32.2. The van der Waals surface area contributed by atoms with Crippen molar-refractivity contribution in [1.29, 1.82) is 0 Å². The molecule has 28 heavy (non-hydrogen) atoms. The number of Topliss-reactive ketones (excluding diaryl/α,β-unsaturated/α-hetero) is 1. The molecule has 3 aromatic rings. The highest BCUT2D eigenvalue weighted by Crippen LogP contribution is 2.21. The number of aromatic nitrogens is 2. The molecule has 1 heterocycles. The van der Waals surface area contributed by atoms with Crippen LogP contribution in [-0.2, 0) is 16.1 Å². The molecule has 0 aliphatic heterocycles. The van der Waals surface area contributed by atoms with Crippen LogP contribution in [-0.4, -0.2) is 34.2 Å². The van der Waals surface area contributed by atoms with Crippen LogP contribution in [0.25, 0.3) is 10.9 Å². The molecule has 0 fully saturated rings. The third-order valence-corrected chi connectivity index (χ3v) is 5.33. The molecule has 0 aliphatic rings. The number of esters is 1. The zero-order valence-electron chi connectivity index (χ0n) is 15.9. The van der Waals surface area contributed by atoms with Crippen LogP contribution in [0.4, 0.5) is 0 Å². The van der Waals surface area contributed by atoms with Crippen molar-refractivity contribution in [2.24, 2.45) is 0 Å². The summed E-state index contributed by atoms with van der Waals surface area (Å²) in [5.41, 5.74) is 2.82. The zero-order chi connectivity index (χ0) is 20.3. The van der Waals surface area contributed by atoms with Gasteiger partial charge in [-0.1, -0.05) is 47.7 Å². The van der Waals surface area contributed by atoms with E-state index >= 15 is 0 Å². The van der Waals surface area contributed by atoms with Crippen LogP contribution < -0.4 is 5.56 Å². The van der Waals surface area contributed by atoms with E-state index in [1.165, 1.54) is 11.7 Å². The molecule has 0 bridgehead atoms. The topological polar surface area (TPSA) is 78.3 Å². The summed E-state index contributed by atoms with van der Waals surface area (Å²) in [6.45, 7) is 3.61. The minimum absolute atomic E-state index is 0.0606. The Hall–Kier alpha value is -2.93. The van der Waals surface area contributed by atoms with Crippen LogP contribution in [0.2, 0.25) is 0 Å². The van der Waals surface area contributed by atoms with Gasteiger partial charge in [0.1, 0.15) is 6.54 Å². The smallest absolute Gasteiger partial charge is 0.325 e. The number of rotatable bonds is 6. The molecule has 7 heteroatoms. The number of methoxy groups -OCH3 is 1. The molecule has 0 saturated carbocycles. The number of thioether (sulfide) groups is 1. The molecule has 1 aromatic heterocycles. The van der Waals surface area contributed by atoms with Gasteiger partial charge >= 0.3 is 5.97 Å². The molecular formula is C21H20N2O4S. The maximum Gasteiger partial charge on any atom is 0.325 e. The van der Waals surface area contributed by atoms with E-state index in [1.54, 1.807) is 24.3 Å². The fourth-order valence-electron chi connectivity index (χ4n) is 2.93. The minimum Gasteiger partial charge on any atom is -0.468 e. The standard InChI is InChI=1S/C21H20N2O4S/c1-13-8-9-15(14(2)10-13)18(24)12-28-21-22-17-7-5-4-6-16(17)20(26)23(21)11-19(25)27-3/h4-10H,11-12H2,1-3H3. The second-order valence-electron chi connectivity index (χ2n) is 6.41. The van der Waals surface area contributed by atoms with E-state index in [-0.39, 0.29) is 23.6 Å². The summed E-state index contributed by atoms with van der Waals surface area (Å²) in [5, 5.41) is 0.726. The van der Waals surface area contributed by atoms with Gasteiger partial charge in [-0.25, -0.2) is 4.98 Å². The summed E-state index contributed by atoms with van der Waals surface area (Å²) >= 11 is 1.14. The van der Waals surface area contributed by atoms with Crippen molar-refractivity contribution < 1.29 is 14.3 Å². The van der Waals surface area contributed by atoms with Gasteiger partial charge in [0.15, 0.2) is 10.9 Å². The number of nitrogens with zero attached hydrogens (tertiary/aromatic N) is 2. The van der Waals surface area contributed by atoms with Crippen LogP contribution in [0.3, 0.4) is 0 Å². The molecule has 6 nitrogen and oxygen atoms in total. The molecule has 0 N–H and O–H groups in total. The molecule has 144 valence electrons. The lowest BCUT2D eigenvalue weighted by Gasteiger charge is -2.12. The van der Waals surface area contributed by atoms with Crippen molar-refractivity contribution in [2.45, 2.75) is 25.5 Å². The second kappa shape index (κ2) is 8.39. The Bertz CT molecular complexity index is 1120. The monoisotopic (exact) mass is 396 g/mol. The van der Waals surface area contributed by atoms with Crippen LogP contribution in [0.5, 0.6) is 0 Å². The van der Waals surface area contributed by atoms with E-state index in [0.717, 1.165) is 22.9 Å². The molecule has 0 atom stereocenters. The molecular weight excluding hydrogens is 376 g/mol. The van der Waals surface area contributed by atoms with E-state index in [9.17, 15) is 14.4 Å². The van der Waals surface area contributed by atoms with Crippen molar-refractivity contribution >= 4 is 34.4 Å². The van der Waals surface area contributed by atoms with Gasteiger partial charge in [0.05, 0.1) is 23.8 Å². The summed E-state index contributed by atoms with van der Waals surface area (Å²) in [6.07, 6.45) is 0. The fourth-order valence-corrected chi connectivity index (χ4v) is 3.81. The van der Waals surface area contributed by atoms with Crippen molar-refractivity contribution in [3.8, 4) is 0 Å². The van der Waals surface area contributed by atoms with E-state index in [4.69, 9.17) is 4.74 Å². The Balaban J connectivity index is 1.94. The average Bonchev–Trinajstić information content (AvgIpc) is 2.68. The molecule has 0 amide bonds. The molecule has 0 saturated heterocycles. The number of benzene rings is 2. The lowest BCUT2D eigenvalue weighted by atomic mass is 10.0. The summed E-state index contributed by atoms with van der Waals surface area (Å²) in [6, 6.07) is 12.6. The molecule has 2 aromatic carbocycles. The minimum atomic E-state index is -0.554. The second-order valence-corrected chi connectivity index (χ2v) is 7.35. The van der Waals surface area contributed by atoms with E-state index < -0.39 is 5.97 Å². The Morgan fingerprint density at radius 1 is 1.14 bits per heavy atom. The highest BCUT2D eigenvalue weighted by Gasteiger charge is 2.17. The van der Waals surface area contributed by atoms with Crippen LogP contribution in [0.15, 0.2) is 52.4 Å². The number of hydrogen-bond acceptors (Lipinski definition) is 6. The molecule has 3 rings (SSSR count). The van der Waals surface area contributed by atoms with Gasteiger partial charge in [0, 0.05) is 5.56 Å². The maximum absolute atomic E-state index is 12.8. The normalized spacial score (nSPS) is 10.8. The van der Waals surface area contributed by atoms with Crippen molar-refractivity contribution in [3.63, 3.8) is 0 Å². The Labute approximate surface area is 166 Å². The van der Waals surface area contributed by atoms with Crippen LogP contribution >= 0.6 is 11.8 Å². The lowest BCUT2D eigenvalue weighted by molar-refractivity contribution is -0.141. The first kappa shape index (κ1) is 19.8. The van der Waals surface area contributed by atoms with Crippen molar-refractivity contribution in [2.75, 3.05) is 12.9 Å². The summed E-state index contributed by atoms with van der Waals surface area (Å²) in [7, 11) is 1.26. The molecule has 0 spiro atoms. The largest absolute Gasteiger partial charge is 0.468 e. The number of carbonyl (C=O) groups is 2. The number of ether oxygens (including phenoxy) is 1. The molecule has 0 unspecified atom stereocenters. The number of aryl methyl sites for hydroxylation is 2. The van der Waals surface area contributed by atoms with Gasteiger partial charge in [-0.3, -0.25) is 19.0 Å². The average molecular weight is 396 g/mol. The van der Waals surface area contributed by atoms with Gasteiger partial charge in [0.25, 0.3) is 5.56 Å². The van der Waals surface area contributed by atoms with Gasteiger partial charge in [0.2, 0.25) is 0 Å². The summed E-state index contributed by atoms with van der Waals surface area (Å²) < 4.78 is 5.95. The first-order chi connectivity index (χ1) is 13.4. The number of carbonyl (C=O) groups excluding carboxylic acids is 2. The third kappa shape index (κ3) is 4.14. The Morgan fingerprint density at radius 3 is 2.61 bits per heavy atom. The number of hydrogen-bond donors (Lipinski definition) is 0. The molecule has 0 radical (unpaired) electrons. The predicted octanol–water partition coefficient (Wildman–Crippen LogP) is 3.16. The third-order valence-electron chi connectivity index (χ3n) is 4.36. The quantitative estimate of drug-likeness (QED) is 0.276. The van der Waals surface area contributed by atoms with Gasteiger partial charge < -0.3 is 4.74 Å².